The first-order valence-electron chi connectivity index (χ1n) is 11.8. The number of esters is 3. The number of carbonyl (C=O) groups excluding carboxylic acids is 5. The molecule has 2 rings (SSSR count). The van der Waals surface area contributed by atoms with Gasteiger partial charge >= 0.3 is 24.0 Å². The first-order valence-corrected chi connectivity index (χ1v) is 11.8. The largest absolute Gasteiger partial charge is 0.468 e. The Morgan fingerprint density at radius 3 is 1.71 bits per heavy atom. The zero-order valence-corrected chi connectivity index (χ0v) is 21.7. The molecular formula is C27H32N2O9. The van der Waals surface area contributed by atoms with Crippen molar-refractivity contribution in [3.8, 4) is 0 Å². The van der Waals surface area contributed by atoms with Crippen LogP contribution in [0.5, 0.6) is 0 Å². The molecule has 0 bridgehead atoms. The summed E-state index contributed by atoms with van der Waals surface area (Å²) in [5.74, 6) is -6.21. The summed E-state index contributed by atoms with van der Waals surface area (Å²) in [5.41, 5.74) is 1.48. The summed E-state index contributed by atoms with van der Waals surface area (Å²) in [6.07, 6.45) is -0.790. The van der Waals surface area contributed by atoms with Crippen LogP contribution >= 0.6 is 0 Å². The van der Waals surface area contributed by atoms with Gasteiger partial charge in [0.05, 0.1) is 21.3 Å². The normalized spacial score (nSPS) is 12.9. The lowest BCUT2D eigenvalue weighted by Crippen LogP contribution is -2.56. The van der Waals surface area contributed by atoms with Gasteiger partial charge in [-0.2, -0.15) is 0 Å². The van der Waals surface area contributed by atoms with Crippen molar-refractivity contribution in [2.75, 3.05) is 21.3 Å². The Balaban J connectivity index is 2.26. The molecular weight excluding hydrogens is 496 g/mol. The summed E-state index contributed by atoms with van der Waals surface area (Å²) in [6, 6.07) is 15.2. The molecule has 2 N–H and O–H groups in total. The van der Waals surface area contributed by atoms with E-state index in [1.54, 1.807) is 54.6 Å². The second kappa shape index (κ2) is 15.0. The van der Waals surface area contributed by atoms with Gasteiger partial charge in [0, 0.05) is 12.3 Å². The molecule has 0 aromatic heterocycles. The van der Waals surface area contributed by atoms with Gasteiger partial charge in [0.15, 0.2) is 5.92 Å². The quantitative estimate of drug-likeness (QED) is 0.239. The van der Waals surface area contributed by atoms with E-state index in [0.29, 0.717) is 0 Å². The zero-order valence-electron chi connectivity index (χ0n) is 21.7. The maximum atomic E-state index is 13.4. The molecule has 0 heterocycles. The number of carbonyl (C=O) groups is 5. The lowest BCUT2D eigenvalue weighted by Gasteiger charge is -2.28. The highest BCUT2D eigenvalue weighted by Gasteiger charge is 2.43. The third kappa shape index (κ3) is 8.61. The van der Waals surface area contributed by atoms with E-state index in [4.69, 9.17) is 9.47 Å². The van der Waals surface area contributed by atoms with Crippen LogP contribution in [-0.2, 0) is 51.2 Å². The van der Waals surface area contributed by atoms with Gasteiger partial charge in [-0.15, -0.1) is 0 Å². The summed E-state index contributed by atoms with van der Waals surface area (Å²) < 4.78 is 19.4. The number of hydrogen-bond donors (Lipinski definition) is 2. The molecule has 204 valence electrons. The second-order valence-electron chi connectivity index (χ2n) is 8.34. The molecule has 0 aliphatic carbocycles. The maximum absolute atomic E-state index is 13.4. The number of rotatable bonds is 12. The Hall–Kier alpha value is -4.41. The first-order chi connectivity index (χ1) is 18.2. The van der Waals surface area contributed by atoms with Crippen molar-refractivity contribution in [1.82, 2.24) is 10.6 Å². The van der Waals surface area contributed by atoms with Crippen molar-refractivity contribution >= 4 is 29.9 Å². The standard InChI is InChI=1S/C27H32N2O9/c1-17(21(24(31)35-2)25(32)36-3)22(26(33)37-4)29-23(30)20(15-18-11-7-5-8-12-18)28-27(34)38-16-19-13-9-6-10-14-19/h5-14,17,20-22H,15-16H2,1-4H3,(H,28,34)(H,29,30)/t17-,20+,22-/m0/s1. The summed E-state index contributed by atoms with van der Waals surface area (Å²) in [6.45, 7) is 1.38. The minimum atomic E-state index is -1.52. The van der Waals surface area contributed by atoms with E-state index >= 15 is 0 Å². The summed E-state index contributed by atoms with van der Waals surface area (Å²) in [4.78, 5) is 63.2. The van der Waals surface area contributed by atoms with Crippen LogP contribution in [0.15, 0.2) is 60.7 Å². The predicted octanol–water partition coefficient (Wildman–Crippen LogP) is 1.78. The molecule has 2 amide bonds. The monoisotopic (exact) mass is 528 g/mol. The number of benzene rings is 2. The van der Waals surface area contributed by atoms with Crippen molar-refractivity contribution in [2.45, 2.75) is 32.0 Å². The molecule has 11 heteroatoms. The SMILES string of the molecule is COC(=O)C(C(=O)OC)[C@H](C)[C@H](NC(=O)[C@@H](Cc1ccccc1)NC(=O)OCc1ccccc1)C(=O)OC. The number of methoxy groups -OCH3 is 3. The van der Waals surface area contributed by atoms with Crippen molar-refractivity contribution in [1.29, 1.82) is 0 Å². The second-order valence-corrected chi connectivity index (χ2v) is 8.34. The van der Waals surface area contributed by atoms with Gasteiger partial charge in [-0.1, -0.05) is 67.6 Å². The van der Waals surface area contributed by atoms with Gasteiger partial charge in [0.25, 0.3) is 0 Å². The van der Waals surface area contributed by atoms with E-state index in [-0.39, 0.29) is 13.0 Å². The molecule has 11 nitrogen and oxygen atoms in total. The van der Waals surface area contributed by atoms with E-state index in [1.165, 1.54) is 6.92 Å². The zero-order chi connectivity index (χ0) is 28.1. The fourth-order valence-electron chi connectivity index (χ4n) is 3.72. The number of amides is 2. The van der Waals surface area contributed by atoms with Crippen molar-refractivity contribution < 1.29 is 42.9 Å². The molecule has 0 unspecified atom stereocenters. The van der Waals surface area contributed by atoms with Crippen molar-refractivity contribution in [2.24, 2.45) is 11.8 Å². The van der Waals surface area contributed by atoms with E-state index < -0.39 is 53.8 Å². The first kappa shape index (κ1) is 29.8. The average molecular weight is 529 g/mol. The lowest BCUT2D eigenvalue weighted by molar-refractivity contribution is -0.163. The van der Waals surface area contributed by atoms with Gasteiger partial charge in [-0.3, -0.25) is 14.4 Å². The highest BCUT2D eigenvalue weighted by molar-refractivity contribution is 5.97. The predicted molar refractivity (Wildman–Crippen MR) is 134 cm³/mol. The molecule has 38 heavy (non-hydrogen) atoms. The molecule has 3 atom stereocenters. The smallest absolute Gasteiger partial charge is 0.408 e. The molecule has 0 radical (unpaired) electrons. The van der Waals surface area contributed by atoms with E-state index in [1.807, 2.05) is 6.07 Å². The fourth-order valence-corrected chi connectivity index (χ4v) is 3.72. The summed E-state index contributed by atoms with van der Waals surface area (Å²) >= 11 is 0. The van der Waals surface area contributed by atoms with Crippen LogP contribution in [0.1, 0.15) is 18.1 Å². The van der Waals surface area contributed by atoms with E-state index in [0.717, 1.165) is 32.5 Å². The molecule has 0 fully saturated rings. The topological polar surface area (TPSA) is 146 Å². The van der Waals surface area contributed by atoms with E-state index in [9.17, 15) is 24.0 Å². The maximum Gasteiger partial charge on any atom is 0.408 e. The van der Waals surface area contributed by atoms with Gasteiger partial charge < -0.3 is 29.6 Å². The van der Waals surface area contributed by atoms with Gasteiger partial charge in [0.1, 0.15) is 18.7 Å². The van der Waals surface area contributed by atoms with Crippen LogP contribution < -0.4 is 10.6 Å². The average Bonchev–Trinajstić information content (AvgIpc) is 2.94. The summed E-state index contributed by atoms with van der Waals surface area (Å²) in [5, 5.41) is 5.03. The number of alkyl carbamates (subject to hydrolysis) is 1. The third-order valence-corrected chi connectivity index (χ3v) is 5.82. The molecule has 0 spiro atoms. The van der Waals surface area contributed by atoms with Crippen LogP contribution in [-0.4, -0.2) is 63.3 Å². The van der Waals surface area contributed by atoms with Crippen molar-refractivity contribution in [3.63, 3.8) is 0 Å². The Morgan fingerprint density at radius 2 is 1.21 bits per heavy atom. The Labute approximate surface area is 220 Å². The van der Waals surface area contributed by atoms with E-state index in [2.05, 4.69) is 20.1 Å². The number of nitrogens with one attached hydrogen (secondary N) is 2. The number of ether oxygens (including phenoxy) is 4. The van der Waals surface area contributed by atoms with Gasteiger partial charge in [-0.25, -0.2) is 9.59 Å². The highest BCUT2D eigenvalue weighted by atomic mass is 16.6. The molecule has 2 aromatic carbocycles. The minimum absolute atomic E-state index is 0.0197. The van der Waals surface area contributed by atoms with Crippen LogP contribution in [0, 0.1) is 11.8 Å². The molecule has 2 aromatic rings. The minimum Gasteiger partial charge on any atom is -0.468 e. The van der Waals surface area contributed by atoms with Crippen LogP contribution in [0.25, 0.3) is 0 Å². The van der Waals surface area contributed by atoms with Crippen LogP contribution in [0.4, 0.5) is 4.79 Å². The fraction of sp³-hybridized carbons (Fsp3) is 0.370. The molecule has 0 aliphatic rings. The Bertz CT molecular complexity index is 1080. The molecule has 0 saturated heterocycles. The van der Waals surface area contributed by atoms with Crippen LogP contribution in [0.3, 0.4) is 0 Å². The van der Waals surface area contributed by atoms with Gasteiger partial charge in [-0.05, 0) is 11.1 Å². The summed E-state index contributed by atoms with van der Waals surface area (Å²) in [7, 11) is 3.26. The Kier molecular flexibility index (Phi) is 11.8. The van der Waals surface area contributed by atoms with Crippen LogP contribution in [0.2, 0.25) is 0 Å². The Morgan fingerprint density at radius 1 is 0.711 bits per heavy atom. The molecule has 0 aliphatic heterocycles. The van der Waals surface area contributed by atoms with Gasteiger partial charge in [0.2, 0.25) is 5.91 Å². The third-order valence-electron chi connectivity index (χ3n) is 5.82. The highest BCUT2D eigenvalue weighted by Crippen LogP contribution is 2.21. The van der Waals surface area contributed by atoms with Crippen molar-refractivity contribution in [3.05, 3.63) is 71.8 Å². The number of hydrogen-bond acceptors (Lipinski definition) is 9. The molecule has 0 saturated carbocycles. The lowest BCUT2D eigenvalue weighted by atomic mass is 9.87.